The maximum Gasteiger partial charge on any atom is 0.131 e. The topological polar surface area (TPSA) is 33.0 Å². The van der Waals surface area contributed by atoms with Crippen LogP contribution in [-0.2, 0) is 6.61 Å². The first-order valence-electron chi connectivity index (χ1n) is 5.36. The summed E-state index contributed by atoms with van der Waals surface area (Å²) < 4.78 is 44.4. The van der Waals surface area contributed by atoms with Crippen molar-refractivity contribution >= 4 is 0 Å². The van der Waals surface area contributed by atoms with Crippen LogP contribution in [0.3, 0.4) is 0 Å². The summed E-state index contributed by atoms with van der Waals surface area (Å²) in [6.07, 6.45) is 0. The fourth-order valence-corrected chi connectivity index (χ4v) is 1.51. The number of hydrogen-bond donors (Lipinski definition) is 0. The van der Waals surface area contributed by atoms with Crippen molar-refractivity contribution in [1.82, 2.24) is 0 Å². The molecule has 0 aliphatic rings. The minimum atomic E-state index is -0.768. The molecule has 0 aliphatic carbocycles. The summed E-state index contributed by atoms with van der Waals surface area (Å²) in [6, 6.07) is 8.44. The van der Waals surface area contributed by atoms with Gasteiger partial charge in [0.2, 0.25) is 0 Å². The SMILES string of the molecule is N#Cc1ccc(COc2cc(F)cc(F)c2)c(F)c1. The van der Waals surface area contributed by atoms with Crippen LogP contribution >= 0.6 is 0 Å². The van der Waals surface area contributed by atoms with E-state index >= 15 is 0 Å². The van der Waals surface area contributed by atoms with Crippen LogP contribution < -0.4 is 4.74 Å². The van der Waals surface area contributed by atoms with E-state index in [0.29, 0.717) is 0 Å². The average molecular weight is 263 g/mol. The monoisotopic (exact) mass is 263 g/mol. The van der Waals surface area contributed by atoms with Gasteiger partial charge >= 0.3 is 0 Å². The first kappa shape index (κ1) is 13.0. The molecule has 0 bridgehead atoms. The fraction of sp³-hybridized carbons (Fsp3) is 0.0714. The summed E-state index contributed by atoms with van der Waals surface area (Å²) in [4.78, 5) is 0. The number of rotatable bonds is 3. The lowest BCUT2D eigenvalue weighted by Gasteiger charge is -2.07. The average Bonchev–Trinajstić information content (AvgIpc) is 2.36. The second-order valence-electron chi connectivity index (χ2n) is 3.81. The molecule has 0 aromatic heterocycles. The van der Waals surface area contributed by atoms with E-state index in [2.05, 4.69) is 0 Å². The van der Waals surface area contributed by atoms with Crippen molar-refractivity contribution in [2.45, 2.75) is 6.61 Å². The summed E-state index contributed by atoms with van der Waals surface area (Å²) in [6.45, 7) is -0.180. The minimum Gasteiger partial charge on any atom is -0.489 e. The van der Waals surface area contributed by atoms with Gasteiger partial charge in [-0.3, -0.25) is 0 Å². The standard InChI is InChI=1S/C14H8F3NO/c15-11-4-12(16)6-13(5-11)19-8-10-2-1-9(7-18)3-14(10)17/h1-6H,8H2. The van der Waals surface area contributed by atoms with Gasteiger partial charge in [-0.15, -0.1) is 0 Å². The highest BCUT2D eigenvalue weighted by Crippen LogP contribution is 2.18. The van der Waals surface area contributed by atoms with Crippen LogP contribution in [0.2, 0.25) is 0 Å². The van der Waals surface area contributed by atoms with Gasteiger partial charge in [0, 0.05) is 23.8 Å². The largest absolute Gasteiger partial charge is 0.489 e. The normalized spacial score (nSPS) is 10.0. The van der Waals surface area contributed by atoms with E-state index < -0.39 is 17.5 Å². The van der Waals surface area contributed by atoms with Crippen molar-refractivity contribution in [3.8, 4) is 11.8 Å². The van der Waals surface area contributed by atoms with E-state index in [9.17, 15) is 13.2 Å². The summed E-state index contributed by atoms with van der Waals surface area (Å²) in [5.74, 6) is -2.16. The Kier molecular flexibility index (Phi) is 3.71. The molecule has 0 amide bonds. The summed E-state index contributed by atoms with van der Waals surface area (Å²) in [5, 5.41) is 8.59. The second-order valence-corrected chi connectivity index (χ2v) is 3.81. The Morgan fingerprint density at radius 2 is 1.68 bits per heavy atom. The van der Waals surface area contributed by atoms with Gasteiger partial charge in [-0.05, 0) is 12.1 Å². The zero-order valence-corrected chi connectivity index (χ0v) is 9.66. The van der Waals surface area contributed by atoms with Gasteiger partial charge in [0.05, 0.1) is 11.6 Å². The molecule has 0 saturated carbocycles. The molecular weight excluding hydrogens is 255 g/mol. The Morgan fingerprint density at radius 1 is 1.00 bits per heavy atom. The lowest BCUT2D eigenvalue weighted by molar-refractivity contribution is 0.296. The van der Waals surface area contributed by atoms with Crippen molar-refractivity contribution < 1.29 is 17.9 Å². The molecule has 2 rings (SSSR count). The Morgan fingerprint density at radius 3 is 2.26 bits per heavy atom. The van der Waals surface area contributed by atoms with Gasteiger partial charge in [-0.25, -0.2) is 13.2 Å². The smallest absolute Gasteiger partial charge is 0.131 e. The molecular formula is C14H8F3NO. The Labute approximate surface area is 107 Å². The van der Waals surface area contributed by atoms with Gasteiger partial charge in [0.25, 0.3) is 0 Å². The number of benzene rings is 2. The maximum absolute atomic E-state index is 13.5. The second kappa shape index (κ2) is 5.44. The predicted octanol–water partition coefficient (Wildman–Crippen LogP) is 3.55. The first-order chi connectivity index (χ1) is 9.08. The van der Waals surface area contributed by atoms with Crippen LogP contribution in [0.15, 0.2) is 36.4 Å². The zero-order valence-electron chi connectivity index (χ0n) is 9.66. The van der Waals surface area contributed by atoms with Crippen molar-refractivity contribution in [2.24, 2.45) is 0 Å². The summed E-state index contributed by atoms with van der Waals surface area (Å²) in [5.41, 5.74) is 0.390. The Hall–Kier alpha value is -2.48. The third kappa shape index (κ3) is 3.26. The third-order valence-corrected chi connectivity index (χ3v) is 2.41. The van der Waals surface area contributed by atoms with Crippen molar-refractivity contribution in [3.05, 3.63) is 65.0 Å². The number of nitrogens with zero attached hydrogens (tertiary/aromatic N) is 1. The lowest BCUT2D eigenvalue weighted by Crippen LogP contribution is -1.99. The molecule has 0 saturated heterocycles. The van der Waals surface area contributed by atoms with Crippen LogP contribution in [0.1, 0.15) is 11.1 Å². The number of nitriles is 1. The van der Waals surface area contributed by atoms with E-state index in [-0.39, 0.29) is 23.5 Å². The van der Waals surface area contributed by atoms with Gasteiger partial charge in [0.1, 0.15) is 29.8 Å². The van der Waals surface area contributed by atoms with Crippen LogP contribution in [0, 0.1) is 28.8 Å². The number of halogens is 3. The minimum absolute atomic E-state index is 0.0266. The Bertz CT molecular complexity index is 629. The van der Waals surface area contributed by atoms with Crippen molar-refractivity contribution in [2.75, 3.05) is 0 Å². The predicted molar refractivity (Wildman–Crippen MR) is 61.8 cm³/mol. The molecule has 2 nitrogen and oxygen atoms in total. The zero-order chi connectivity index (χ0) is 13.8. The molecule has 19 heavy (non-hydrogen) atoms. The molecule has 0 fully saturated rings. The van der Waals surface area contributed by atoms with Crippen LogP contribution in [0.4, 0.5) is 13.2 Å². The first-order valence-corrected chi connectivity index (χ1v) is 5.36. The van der Waals surface area contributed by atoms with Crippen molar-refractivity contribution in [3.63, 3.8) is 0 Å². The van der Waals surface area contributed by atoms with E-state index in [1.807, 2.05) is 0 Å². The van der Waals surface area contributed by atoms with E-state index in [0.717, 1.165) is 24.3 Å². The van der Waals surface area contributed by atoms with E-state index in [1.54, 1.807) is 6.07 Å². The van der Waals surface area contributed by atoms with Crippen LogP contribution in [-0.4, -0.2) is 0 Å². The molecule has 0 heterocycles. The number of ether oxygens (including phenoxy) is 1. The Balaban J connectivity index is 2.12. The van der Waals surface area contributed by atoms with Crippen molar-refractivity contribution in [1.29, 1.82) is 5.26 Å². The van der Waals surface area contributed by atoms with Crippen LogP contribution in [0.25, 0.3) is 0 Å². The molecule has 5 heteroatoms. The molecule has 0 unspecified atom stereocenters. The molecule has 0 spiro atoms. The quantitative estimate of drug-likeness (QED) is 0.848. The summed E-state index contributed by atoms with van der Waals surface area (Å²) in [7, 11) is 0. The highest BCUT2D eigenvalue weighted by Gasteiger charge is 2.06. The van der Waals surface area contributed by atoms with E-state index in [1.165, 1.54) is 12.1 Å². The van der Waals surface area contributed by atoms with Gasteiger partial charge in [-0.2, -0.15) is 5.26 Å². The highest BCUT2D eigenvalue weighted by atomic mass is 19.1. The summed E-state index contributed by atoms with van der Waals surface area (Å²) >= 11 is 0. The molecule has 0 N–H and O–H groups in total. The van der Waals surface area contributed by atoms with Crippen LogP contribution in [0.5, 0.6) is 5.75 Å². The molecule has 2 aromatic rings. The molecule has 0 atom stereocenters. The van der Waals surface area contributed by atoms with Gasteiger partial charge < -0.3 is 4.74 Å². The molecule has 2 aromatic carbocycles. The molecule has 0 aliphatic heterocycles. The molecule has 0 radical (unpaired) electrons. The highest BCUT2D eigenvalue weighted by molar-refractivity contribution is 5.33. The molecule has 96 valence electrons. The van der Waals surface area contributed by atoms with E-state index in [4.69, 9.17) is 10.00 Å². The van der Waals surface area contributed by atoms with Gasteiger partial charge in [-0.1, -0.05) is 6.07 Å². The fourth-order valence-electron chi connectivity index (χ4n) is 1.51. The van der Waals surface area contributed by atoms with Gasteiger partial charge in [0.15, 0.2) is 0 Å². The number of hydrogen-bond acceptors (Lipinski definition) is 2. The lowest BCUT2D eigenvalue weighted by atomic mass is 10.1. The maximum atomic E-state index is 13.5. The third-order valence-electron chi connectivity index (χ3n) is 2.41.